The van der Waals surface area contributed by atoms with Gasteiger partial charge in [0.15, 0.2) is 0 Å². The van der Waals surface area contributed by atoms with E-state index in [0.29, 0.717) is 17.9 Å². The largest absolute Gasteiger partial charge is 0.494 e. The van der Waals surface area contributed by atoms with Gasteiger partial charge in [0.25, 0.3) is 5.91 Å². The van der Waals surface area contributed by atoms with E-state index in [9.17, 15) is 9.90 Å². The third-order valence-electron chi connectivity index (χ3n) is 3.30. The van der Waals surface area contributed by atoms with Gasteiger partial charge in [-0.15, -0.1) is 0 Å². The molecule has 1 fully saturated rings. The smallest absolute Gasteiger partial charge is 0.257 e. The summed E-state index contributed by atoms with van der Waals surface area (Å²) in [5.41, 5.74) is 0.533. The molecule has 2 rings (SSSR count). The van der Waals surface area contributed by atoms with Crippen LogP contribution in [-0.4, -0.2) is 47.7 Å². The molecule has 0 radical (unpaired) electrons. The van der Waals surface area contributed by atoms with Gasteiger partial charge in [0, 0.05) is 25.9 Å². The second-order valence-corrected chi connectivity index (χ2v) is 4.52. The molecule has 1 aliphatic rings. The molecule has 0 bridgehead atoms. The number of aromatic nitrogens is 1. The maximum Gasteiger partial charge on any atom is 0.257 e. The molecular weight excluding hydrogens is 232 g/mol. The monoisotopic (exact) mass is 250 g/mol. The normalized spacial score (nSPS) is 19.7. The molecule has 98 valence electrons. The number of carbonyl (C=O) groups excluding carboxylic acids is 1. The molecule has 0 saturated carbocycles. The Bertz CT molecular complexity index is 422. The lowest BCUT2D eigenvalue weighted by atomic mass is 9.98. The van der Waals surface area contributed by atoms with Crippen LogP contribution in [0.5, 0.6) is 5.75 Å². The van der Waals surface area contributed by atoms with E-state index in [-0.39, 0.29) is 18.4 Å². The zero-order valence-electron chi connectivity index (χ0n) is 10.5. The van der Waals surface area contributed by atoms with Gasteiger partial charge in [-0.3, -0.25) is 9.78 Å². The predicted molar refractivity (Wildman–Crippen MR) is 66.5 cm³/mol. The van der Waals surface area contributed by atoms with E-state index in [1.54, 1.807) is 23.4 Å². The lowest BCUT2D eigenvalue weighted by Crippen LogP contribution is -2.41. The Morgan fingerprint density at radius 3 is 3.22 bits per heavy atom. The average molecular weight is 250 g/mol. The minimum atomic E-state index is -0.0487. The van der Waals surface area contributed by atoms with Crippen LogP contribution in [0.1, 0.15) is 23.2 Å². The summed E-state index contributed by atoms with van der Waals surface area (Å²) >= 11 is 0. The van der Waals surface area contributed by atoms with Gasteiger partial charge in [-0.25, -0.2) is 0 Å². The van der Waals surface area contributed by atoms with E-state index in [2.05, 4.69) is 4.98 Å². The highest BCUT2D eigenvalue weighted by Crippen LogP contribution is 2.22. The molecule has 0 aliphatic carbocycles. The molecule has 1 aromatic rings. The number of likely N-dealkylation sites (tertiary alicyclic amines) is 1. The summed E-state index contributed by atoms with van der Waals surface area (Å²) in [6, 6.07) is 1.67. The molecule has 1 saturated heterocycles. The van der Waals surface area contributed by atoms with E-state index in [0.717, 1.165) is 19.4 Å². The van der Waals surface area contributed by atoms with Crippen molar-refractivity contribution >= 4 is 5.91 Å². The summed E-state index contributed by atoms with van der Waals surface area (Å²) in [5.74, 6) is 0.636. The van der Waals surface area contributed by atoms with Gasteiger partial charge < -0.3 is 14.7 Å². The van der Waals surface area contributed by atoms with Crippen molar-refractivity contribution in [2.45, 2.75) is 12.8 Å². The molecule has 5 nitrogen and oxygen atoms in total. The van der Waals surface area contributed by atoms with E-state index in [1.165, 1.54) is 7.11 Å². The molecule has 0 spiro atoms. The van der Waals surface area contributed by atoms with Crippen molar-refractivity contribution in [2.75, 3.05) is 26.8 Å². The zero-order valence-corrected chi connectivity index (χ0v) is 10.5. The number of hydrogen-bond acceptors (Lipinski definition) is 4. The van der Waals surface area contributed by atoms with Crippen molar-refractivity contribution < 1.29 is 14.6 Å². The number of pyridine rings is 1. The standard InChI is InChI=1S/C13H18N2O3/c1-18-12-7-14-5-4-11(12)13(17)15-6-2-3-10(8-15)9-16/h4-5,7,10,16H,2-3,6,8-9H2,1H3. The van der Waals surface area contributed by atoms with Crippen molar-refractivity contribution in [3.63, 3.8) is 0 Å². The third kappa shape index (κ3) is 2.61. The fourth-order valence-electron chi connectivity index (χ4n) is 2.29. The highest BCUT2D eigenvalue weighted by atomic mass is 16.5. The van der Waals surface area contributed by atoms with Crippen molar-refractivity contribution in [2.24, 2.45) is 5.92 Å². The molecule has 18 heavy (non-hydrogen) atoms. The van der Waals surface area contributed by atoms with Crippen molar-refractivity contribution in [3.05, 3.63) is 24.0 Å². The van der Waals surface area contributed by atoms with Crippen LogP contribution in [0, 0.1) is 5.92 Å². The third-order valence-corrected chi connectivity index (χ3v) is 3.30. The number of piperidine rings is 1. The first-order valence-electron chi connectivity index (χ1n) is 6.14. The van der Waals surface area contributed by atoms with Gasteiger partial charge >= 0.3 is 0 Å². The van der Waals surface area contributed by atoms with Gasteiger partial charge in [-0.1, -0.05) is 0 Å². The van der Waals surface area contributed by atoms with E-state index >= 15 is 0 Å². The number of aliphatic hydroxyl groups excluding tert-OH is 1. The maximum absolute atomic E-state index is 12.4. The maximum atomic E-state index is 12.4. The molecule has 1 N–H and O–H groups in total. The number of amides is 1. The second-order valence-electron chi connectivity index (χ2n) is 4.52. The quantitative estimate of drug-likeness (QED) is 0.867. The Labute approximate surface area is 106 Å². The Hall–Kier alpha value is -1.62. The molecule has 0 aromatic carbocycles. The van der Waals surface area contributed by atoms with Crippen LogP contribution in [0.4, 0.5) is 0 Å². The number of rotatable bonds is 3. The molecule has 1 aromatic heterocycles. The van der Waals surface area contributed by atoms with Gasteiger partial charge in [0.05, 0.1) is 18.9 Å². The van der Waals surface area contributed by atoms with Crippen LogP contribution < -0.4 is 4.74 Å². The molecule has 1 unspecified atom stereocenters. The van der Waals surface area contributed by atoms with Gasteiger partial charge in [0.2, 0.25) is 0 Å². The van der Waals surface area contributed by atoms with Crippen LogP contribution in [0.3, 0.4) is 0 Å². The first-order valence-corrected chi connectivity index (χ1v) is 6.14. The van der Waals surface area contributed by atoms with E-state index < -0.39 is 0 Å². The number of nitrogens with zero attached hydrogens (tertiary/aromatic N) is 2. The van der Waals surface area contributed by atoms with Crippen LogP contribution in [0.2, 0.25) is 0 Å². The van der Waals surface area contributed by atoms with E-state index in [4.69, 9.17) is 4.74 Å². The fourth-order valence-corrected chi connectivity index (χ4v) is 2.29. The van der Waals surface area contributed by atoms with Gasteiger partial charge in [0.1, 0.15) is 5.75 Å². The topological polar surface area (TPSA) is 62.7 Å². The number of methoxy groups -OCH3 is 1. The zero-order chi connectivity index (χ0) is 13.0. The number of hydrogen-bond donors (Lipinski definition) is 1. The summed E-state index contributed by atoms with van der Waals surface area (Å²) in [7, 11) is 1.53. The van der Waals surface area contributed by atoms with Gasteiger partial charge in [-0.2, -0.15) is 0 Å². The molecule has 1 atom stereocenters. The SMILES string of the molecule is COc1cnccc1C(=O)N1CCCC(CO)C1. The molecule has 1 amide bonds. The summed E-state index contributed by atoms with van der Waals surface area (Å²) in [6.07, 6.45) is 5.04. The van der Waals surface area contributed by atoms with Crippen molar-refractivity contribution in [1.82, 2.24) is 9.88 Å². The number of ether oxygens (including phenoxy) is 1. The molecular formula is C13H18N2O3. The minimum absolute atomic E-state index is 0.0487. The summed E-state index contributed by atoms with van der Waals surface area (Å²) < 4.78 is 5.15. The lowest BCUT2D eigenvalue weighted by molar-refractivity contribution is 0.0617. The molecule has 5 heteroatoms. The Balaban J connectivity index is 2.15. The van der Waals surface area contributed by atoms with Crippen molar-refractivity contribution in [3.8, 4) is 5.75 Å². The van der Waals surface area contributed by atoms with Crippen molar-refractivity contribution in [1.29, 1.82) is 0 Å². The number of carbonyl (C=O) groups is 1. The Morgan fingerprint density at radius 1 is 1.67 bits per heavy atom. The molecule has 1 aliphatic heterocycles. The highest BCUT2D eigenvalue weighted by molar-refractivity contribution is 5.96. The predicted octanol–water partition coefficient (Wildman–Crippen LogP) is 0.935. The molecule has 2 heterocycles. The van der Waals surface area contributed by atoms with Crippen LogP contribution in [0.15, 0.2) is 18.5 Å². The summed E-state index contributed by atoms with van der Waals surface area (Å²) in [6.45, 7) is 1.49. The van der Waals surface area contributed by atoms with Crippen LogP contribution in [-0.2, 0) is 0 Å². The highest BCUT2D eigenvalue weighted by Gasteiger charge is 2.25. The lowest BCUT2D eigenvalue weighted by Gasteiger charge is -2.32. The Morgan fingerprint density at radius 2 is 2.50 bits per heavy atom. The first-order chi connectivity index (χ1) is 8.76. The minimum Gasteiger partial charge on any atom is -0.494 e. The summed E-state index contributed by atoms with van der Waals surface area (Å²) in [4.78, 5) is 18.1. The van der Waals surface area contributed by atoms with Gasteiger partial charge in [-0.05, 0) is 24.8 Å². The summed E-state index contributed by atoms with van der Waals surface area (Å²) in [5, 5.41) is 9.19. The van der Waals surface area contributed by atoms with Crippen LogP contribution >= 0.6 is 0 Å². The van der Waals surface area contributed by atoms with E-state index in [1.807, 2.05) is 0 Å². The number of aliphatic hydroxyl groups is 1. The first kappa shape index (κ1) is 12.8. The second kappa shape index (κ2) is 5.82. The Kier molecular flexibility index (Phi) is 4.15. The average Bonchev–Trinajstić information content (AvgIpc) is 2.46. The fraction of sp³-hybridized carbons (Fsp3) is 0.538. The van der Waals surface area contributed by atoms with Crippen LogP contribution in [0.25, 0.3) is 0 Å².